The molecule has 0 radical (unpaired) electrons. The van der Waals surface area contributed by atoms with E-state index in [4.69, 9.17) is 14.2 Å². The van der Waals surface area contributed by atoms with Gasteiger partial charge in [0.05, 0.1) is 44.0 Å². The second-order valence-corrected chi connectivity index (χ2v) is 5.90. The molecule has 1 aliphatic heterocycles. The monoisotopic (exact) mass is 376 g/mol. The molecular weight excluding hydrogens is 348 g/mol. The molecule has 0 spiro atoms. The normalized spacial score (nSPS) is 12.5. The average Bonchev–Trinajstić information content (AvgIpc) is 3.21. The molecule has 27 heavy (non-hydrogen) atoms. The van der Waals surface area contributed by atoms with Crippen molar-refractivity contribution in [3.63, 3.8) is 0 Å². The zero-order valence-electron chi connectivity index (χ0n) is 16.2. The largest absolute Gasteiger partial charge is 0.490 e. The molecule has 0 saturated heterocycles. The third kappa shape index (κ3) is 6.26. The van der Waals surface area contributed by atoms with Gasteiger partial charge in [0.2, 0.25) is 6.41 Å². The number of methoxy groups -OCH3 is 1. The minimum atomic E-state index is 0.657. The Balaban J connectivity index is 0.000000321. The van der Waals surface area contributed by atoms with Crippen molar-refractivity contribution in [1.29, 1.82) is 0 Å². The predicted octanol–water partition coefficient (Wildman–Crippen LogP) is 2.07. The first-order valence-electron chi connectivity index (χ1n) is 8.93. The van der Waals surface area contributed by atoms with Crippen molar-refractivity contribution in [2.24, 2.45) is 0 Å². The number of rotatable bonds is 8. The molecular formula is C19H28N4O4. The fourth-order valence-electron chi connectivity index (χ4n) is 2.57. The maximum atomic E-state index is 10.9. The number of fused-ring (bicyclic) bond motifs is 1. The zero-order valence-corrected chi connectivity index (χ0v) is 16.2. The van der Waals surface area contributed by atoms with Crippen LogP contribution in [0.15, 0.2) is 30.7 Å². The van der Waals surface area contributed by atoms with Gasteiger partial charge in [-0.1, -0.05) is 0 Å². The highest BCUT2D eigenvalue weighted by Gasteiger charge is 2.19. The molecule has 2 aromatic rings. The summed E-state index contributed by atoms with van der Waals surface area (Å²) in [6, 6.07) is 5.76. The first-order chi connectivity index (χ1) is 13.2. The first-order valence-corrected chi connectivity index (χ1v) is 8.93. The zero-order chi connectivity index (χ0) is 19.5. The number of nitrogens with one attached hydrogen (secondary N) is 1. The van der Waals surface area contributed by atoms with E-state index >= 15 is 0 Å². The lowest BCUT2D eigenvalue weighted by Crippen LogP contribution is -2.32. The highest BCUT2D eigenvalue weighted by Crippen LogP contribution is 2.35. The lowest BCUT2D eigenvalue weighted by molar-refractivity contribution is -0.107. The van der Waals surface area contributed by atoms with Gasteiger partial charge < -0.3 is 29.0 Å². The number of ether oxygens (including phenoxy) is 3. The second-order valence-electron chi connectivity index (χ2n) is 5.90. The third-order valence-corrected chi connectivity index (χ3v) is 4.02. The van der Waals surface area contributed by atoms with Crippen LogP contribution in [0.1, 0.15) is 12.6 Å². The minimum Gasteiger partial charge on any atom is -0.490 e. The molecule has 1 aromatic heterocycles. The number of benzene rings is 1. The molecule has 8 heteroatoms. The summed E-state index contributed by atoms with van der Waals surface area (Å²) in [6.07, 6.45) is 4.29. The van der Waals surface area contributed by atoms with Crippen LogP contribution in [-0.2, 0) is 20.8 Å². The topological polar surface area (TPSA) is 79.9 Å². The van der Waals surface area contributed by atoms with Gasteiger partial charge in [0.1, 0.15) is 12.4 Å². The van der Waals surface area contributed by atoms with Crippen molar-refractivity contribution in [3.8, 4) is 5.75 Å². The molecule has 1 aromatic carbocycles. The van der Waals surface area contributed by atoms with Crippen LogP contribution in [0.25, 0.3) is 0 Å². The van der Waals surface area contributed by atoms with E-state index in [1.54, 1.807) is 25.4 Å². The Labute approximate surface area is 160 Å². The number of H-pyrrole nitrogens is 1. The van der Waals surface area contributed by atoms with E-state index in [-0.39, 0.29) is 0 Å². The minimum absolute atomic E-state index is 0.657. The maximum absolute atomic E-state index is 10.9. The Hall–Kier alpha value is -2.58. The number of hydrogen-bond acceptors (Lipinski definition) is 6. The van der Waals surface area contributed by atoms with Gasteiger partial charge in [-0.05, 0) is 25.1 Å². The number of aromatic nitrogens is 2. The standard InChI is InChI=1S/C14H16N4O2.C5H12O2/c1-17(10-19)12-2-3-14-13(6-12)18(4-5-20-14)8-11-7-15-9-16-11;1-3-7-5-4-6-2/h2-3,6-7,9-10H,4-5,8H2,1H3,(H,15,16);3-5H2,1-2H3. The number of nitrogens with zero attached hydrogens (tertiary/aromatic N) is 3. The van der Waals surface area contributed by atoms with Gasteiger partial charge >= 0.3 is 0 Å². The summed E-state index contributed by atoms with van der Waals surface area (Å²) >= 11 is 0. The third-order valence-electron chi connectivity index (χ3n) is 4.02. The molecule has 1 amide bonds. The van der Waals surface area contributed by atoms with Crippen LogP contribution >= 0.6 is 0 Å². The van der Waals surface area contributed by atoms with Crippen LogP contribution in [-0.4, -0.2) is 63.5 Å². The number of carbonyl (C=O) groups is 1. The van der Waals surface area contributed by atoms with E-state index in [2.05, 4.69) is 14.9 Å². The number of amides is 1. The molecule has 3 rings (SSSR count). The quantitative estimate of drug-likeness (QED) is 0.561. The summed E-state index contributed by atoms with van der Waals surface area (Å²) in [4.78, 5) is 21.8. The van der Waals surface area contributed by atoms with E-state index in [1.807, 2.05) is 31.3 Å². The van der Waals surface area contributed by atoms with E-state index < -0.39 is 0 Å². The summed E-state index contributed by atoms with van der Waals surface area (Å²) in [6.45, 7) is 6.37. The average molecular weight is 376 g/mol. The van der Waals surface area contributed by atoms with Crippen LogP contribution in [0.3, 0.4) is 0 Å². The van der Waals surface area contributed by atoms with Gasteiger partial charge in [0.25, 0.3) is 0 Å². The Morgan fingerprint density at radius 1 is 1.41 bits per heavy atom. The molecule has 1 N–H and O–H groups in total. The van der Waals surface area contributed by atoms with E-state index in [0.717, 1.165) is 48.9 Å². The molecule has 0 atom stereocenters. The Kier molecular flexibility index (Phi) is 8.60. The summed E-state index contributed by atoms with van der Waals surface area (Å²) in [5.41, 5.74) is 2.89. The van der Waals surface area contributed by atoms with Crippen LogP contribution in [0.2, 0.25) is 0 Å². The van der Waals surface area contributed by atoms with Crippen LogP contribution in [0.5, 0.6) is 5.75 Å². The lowest BCUT2D eigenvalue weighted by atomic mass is 10.2. The van der Waals surface area contributed by atoms with Crippen molar-refractivity contribution >= 4 is 17.8 Å². The summed E-state index contributed by atoms with van der Waals surface area (Å²) in [5, 5.41) is 0. The fraction of sp³-hybridized carbons (Fsp3) is 0.474. The maximum Gasteiger partial charge on any atom is 0.213 e. The summed E-state index contributed by atoms with van der Waals surface area (Å²) in [7, 11) is 3.40. The van der Waals surface area contributed by atoms with Crippen molar-refractivity contribution in [2.45, 2.75) is 13.5 Å². The van der Waals surface area contributed by atoms with Gasteiger partial charge in [-0.3, -0.25) is 4.79 Å². The van der Waals surface area contributed by atoms with Gasteiger partial charge in [-0.15, -0.1) is 0 Å². The number of carbonyl (C=O) groups excluding carboxylic acids is 1. The molecule has 0 unspecified atom stereocenters. The highest BCUT2D eigenvalue weighted by molar-refractivity contribution is 5.78. The molecule has 2 heterocycles. The molecule has 8 nitrogen and oxygen atoms in total. The van der Waals surface area contributed by atoms with Crippen molar-refractivity contribution in [3.05, 3.63) is 36.4 Å². The van der Waals surface area contributed by atoms with Crippen LogP contribution in [0.4, 0.5) is 11.4 Å². The summed E-state index contributed by atoms with van der Waals surface area (Å²) < 4.78 is 15.3. The SMILES string of the molecule is CCOCCOC.CN(C=O)c1ccc2c(c1)N(Cc1cnc[nH]1)CCO2. The number of anilines is 2. The van der Waals surface area contributed by atoms with Crippen molar-refractivity contribution in [2.75, 3.05) is 56.9 Å². The first kappa shape index (κ1) is 20.7. The summed E-state index contributed by atoms with van der Waals surface area (Å²) in [5.74, 6) is 0.846. The molecule has 0 aliphatic carbocycles. The molecule has 0 saturated carbocycles. The number of aromatic amines is 1. The van der Waals surface area contributed by atoms with Gasteiger partial charge in [0.15, 0.2) is 0 Å². The van der Waals surface area contributed by atoms with E-state index in [0.29, 0.717) is 19.8 Å². The van der Waals surface area contributed by atoms with E-state index in [1.165, 1.54) is 0 Å². The van der Waals surface area contributed by atoms with Crippen LogP contribution in [0, 0.1) is 0 Å². The Morgan fingerprint density at radius 2 is 2.26 bits per heavy atom. The highest BCUT2D eigenvalue weighted by atomic mass is 16.5. The molecule has 148 valence electrons. The van der Waals surface area contributed by atoms with Crippen LogP contribution < -0.4 is 14.5 Å². The fourth-order valence-corrected chi connectivity index (χ4v) is 2.57. The van der Waals surface area contributed by atoms with Crippen molar-refractivity contribution in [1.82, 2.24) is 9.97 Å². The Morgan fingerprint density at radius 3 is 2.93 bits per heavy atom. The van der Waals surface area contributed by atoms with E-state index in [9.17, 15) is 4.79 Å². The lowest BCUT2D eigenvalue weighted by Gasteiger charge is -2.31. The molecule has 1 aliphatic rings. The number of hydrogen-bond donors (Lipinski definition) is 1. The molecule has 0 bridgehead atoms. The van der Waals surface area contributed by atoms with Gasteiger partial charge in [-0.25, -0.2) is 4.98 Å². The number of imidazole rings is 1. The predicted molar refractivity (Wildman–Crippen MR) is 104 cm³/mol. The smallest absolute Gasteiger partial charge is 0.213 e. The van der Waals surface area contributed by atoms with Gasteiger partial charge in [0, 0.05) is 32.6 Å². The van der Waals surface area contributed by atoms with Gasteiger partial charge in [-0.2, -0.15) is 0 Å². The second kappa shape index (κ2) is 11.2. The van der Waals surface area contributed by atoms with Crippen molar-refractivity contribution < 1.29 is 19.0 Å². The molecule has 0 fully saturated rings. The Bertz CT molecular complexity index is 674.